The first-order valence-electron chi connectivity index (χ1n) is 5.53. The fraction of sp³-hybridized carbons (Fsp3) is 0. The number of hydrogen-bond acceptors (Lipinski definition) is 4. The van der Waals surface area contributed by atoms with E-state index < -0.39 is 0 Å². The molecule has 0 atom stereocenters. The Morgan fingerprint density at radius 2 is 1.65 bits per heavy atom. The molecule has 0 saturated carbocycles. The molecule has 0 radical (unpaired) electrons. The second-order valence-corrected chi connectivity index (χ2v) is 5.16. The molecule has 7 heteroatoms. The summed E-state index contributed by atoms with van der Waals surface area (Å²) in [6, 6.07) is 8.38. The van der Waals surface area contributed by atoms with Gasteiger partial charge in [0.25, 0.3) is 0 Å². The fourth-order valence-electron chi connectivity index (χ4n) is 1.89. The molecular formula is C13H7Cl3N2O2. The van der Waals surface area contributed by atoms with Crippen LogP contribution in [0.1, 0.15) is 0 Å². The molecule has 0 unspecified atom stereocenters. The summed E-state index contributed by atoms with van der Waals surface area (Å²) in [6.45, 7) is 0. The van der Waals surface area contributed by atoms with Crippen LogP contribution in [0.4, 0.5) is 5.82 Å². The molecule has 3 aromatic rings. The predicted molar refractivity (Wildman–Crippen MR) is 79.1 cm³/mol. The minimum absolute atomic E-state index is 0.169. The van der Waals surface area contributed by atoms with Crippen molar-refractivity contribution >= 4 is 40.6 Å². The molecule has 0 saturated heterocycles. The monoisotopic (exact) mass is 328 g/mol. The highest BCUT2D eigenvalue weighted by Gasteiger charge is 2.24. The number of nitrogens with zero attached hydrogens (tertiary/aromatic N) is 1. The van der Waals surface area contributed by atoms with Crippen LogP contribution in [0.15, 0.2) is 39.3 Å². The van der Waals surface area contributed by atoms with Crippen LogP contribution in [-0.2, 0) is 0 Å². The normalized spacial score (nSPS) is 10.9. The highest BCUT2D eigenvalue weighted by atomic mass is 35.5. The first-order valence-corrected chi connectivity index (χ1v) is 6.66. The fourth-order valence-corrected chi connectivity index (χ4v) is 2.62. The number of halogens is 3. The Labute approximate surface area is 129 Å². The van der Waals surface area contributed by atoms with Crippen LogP contribution in [-0.4, -0.2) is 5.16 Å². The summed E-state index contributed by atoms with van der Waals surface area (Å²) in [7, 11) is 0. The summed E-state index contributed by atoms with van der Waals surface area (Å²) in [4.78, 5) is 0. The van der Waals surface area contributed by atoms with Gasteiger partial charge in [0.05, 0.1) is 15.6 Å². The molecule has 20 heavy (non-hydrogen) atoms. The van der Waals surface area contributed by atoms with Gasteiger partial charge in [0.2, 0.25) is 5.76 Å². The van der Waals surface area contributed by atoms with Crippen molar-refractivity contribution in [1.29, 1.82) is 0 Å². The number of rotatable bonds is 2. The van der Waals surface area contributed by atoms with Gasteiger partial charge in [-0.05, 0) is 35.9 Å². The van der Waals surface area contributed by atoms with Gasteiger partial charge in [0.15, 0.2) is 16.8 Å². The molecule has 0 fully saturated rings. The summed E-state index contributed by atoms with van der Waals surface area (Å²) in [6.07, 6.45) is 0. The van der Waals surface area contributed by atoms with Crippen LogP contribution >= 0.6 is 34.8 Å². The molecule has 0 spiro atoms. The van der Waals surface area contributed by atoms with Crippen molar-refractivity contribution in [1.82, 2.24) is 5.16 Å². The van der Waals surface area contributed by atoms with Gasteiger partial charge in [0.1, 0.15) is 0 Å². The summed E-state index contributed by atoms with van der Waals surface area (Å²) >= 11 is 18.1. The number of aromatic nitrogens is 1. The lowest BCUT2D eigenvalue weighted by molar-refractivity contribution is 0.421. The smallest absolute Gasteiger partial charge is 0.212 e. The van der Waals surface area contributed by atoms with Gasteiger partial charge in [-0.15, -0.1) is 0 Å². The van der Waals surface area contributed by atoms with Crippen molar-refractivity contribution < 1.29 is 8.94 Å². The Hall–Kier alpha value is -1.62. The summed E-state index contributed by atoms with van der Waals surface area (Å²) in [5, 5.41) is 4.84. The van der Waals surface area contributed by atoms with Gasteiger partial charge in [-0.3, -0.25) is 0 Å². The molecule has 0 bridgehead atoms. The predicted octanol–water partition coefficient (Wildman–Crippen LogP) is 5.14. The van der Waals surface area contributed by atoms with E-state index in [2.05, 4.69) is 5.16 Å². The molecule has 0 aliphatic rings. The van der Waals surface area contributed by atoms with E-state index in [1.165, 1.54) is 0 Å². The van der Waals surface area contributed by atoms with Crippen molar-refractivity contribution in [2.75, 3.05) is 5.73 Å². The van der Waals surface area contributed by atoms with Crippen LogP contribution in [0, 0.1) is 0 Å². The van der Waals surface area contributed by atoms with Gasteiger partial charge in [-0.2, -0.15) is 0 Å². The second-order valence-electron chi connectivity index (χ2n) is 3.97. The van der Waals surface area contributed by atoms with E-state index in [4.69, 9.17) is 49.5 Å². The summed E-state index contributed by atoms with van der Waals surface area (Å²) in [5.41, 5.74) is 6.88. The Morgan fingerprint density at radius 3 is 2.25 bits per heavy atom. The molecule has 2 aromatic heterocycles. The van der Waals surface area contributed by atoms with Crippen molar-refractivity contribution in [3.05, 3.63) is 45.6 Å². The highest BCUT2D eigenvalue weighted by Crippen LogP contribution is 2.43. The quantitative estimate of drug-likeness (QED) is 0.706. The third-order valence-corrected chi connectivity index (χ3v) is 3.56. The van der Waals surface area contributed by atoms with E-state index in [-0.39, 0.29) is 11.0 Å². The number of nitrogens with two attached hydrogens (primary N) is 1. The highest BCUT2D eigenvalue weighted by molar-refractivity contribution is 6.39. The van der Waals surface area contributed by atoms with Crippen LogP contribution in [0.2, 0.25) is 15.3 Å². The van der Waals surface area contributed by atoms with E-state index in [1.54, 1.807) is 30.3 Å². The maximum Gasteiger partial charge on any atom is 0.212 e. The maximum absolute atomic E-state index is 6.19. The van der Waals surface area contributed by atoms with Crippen LogP contribution in [0.3, 0.4) is 0 Å². The summed E-state index contributed by atoms with van der Waals surface area (Å²) < 4.78 is 10.5. The topological polar surface area (TPSA) is 65.2 Å². The Morgan fingerprint density at radius 1 is 0.950 bits per heavy atom. The van der Waals surface area contributed by atoms with Crippen molar-refractivity contribution in [2.24, 2.45) is 0 Å². The van der Waals surface area contributed by atoms with Gasteiger partial charge < -0.3 is 14.7 Å². The Balaban J connectivity index is 2.27. The molecule has 3 rings (SSSR count). The molecule has 0 amide bonds. The van der Waals surface area contributed by atoms with Crippen molar-refractivity contribution in [3.8, 4) is 22.6 Å². The minimum atomic E-state index is 0.169. The molecule has 102 valence electrons. The van der Waals surface area contributed by atoms with E-state index in [0.29, 0.717) is 32.7 Å². The lowest BCUT2D eigenvalue weighted by Gasteiger charge is -2.06. The van der Waals surface area contributed by atoms with Crippen molar-refractivity contribution in [3.63, 3.8) is 0 Å². The number of anilines is 1. The van der Waals surface area contributed by atoms with Gasteiger partial charge >= 0.3 is 0 Å². The summed E-state index contributed by atoms with van der Waals surface area (Å²) in [5.74, 6) is 0.886. The van der Waals surface area contributed by atoms with E-state index in [1.807, 2.05) is 0 Å². The molecule has 4 nitrogen and oxygen atoms in total. The van der Waals surface area contributed by atoms with Crippen LogP contribution < -0.4 is 5.73 Å². The largest absolute Gasteiger partial charge is 0.441 e. The molecule has 2 heterocycles. The average molecular weight is 330 g/mol. The zero-order valence-corrected chi connectivity index (χ0v) is 12.1. The van der Waals surface area contributed by atoms with Gasteiger partial charge in [-0.1, -0.05) is 34.4 Å². The third kappa shape index (κ3) is 2.16. The second kappa shape index (κ2) is 5.05. The van der Waals surface area contributed by atoms with Gasteiger partial charge in [0, 0.05) is 5.56 Å². The molecular weight excluding hydrogens is 323 g/mol. The number of furan rings is 1. The van der Waals surface area contributed by atoms with E-state index >= 15 is 0 Å². The van der Waals surface area contributed by atoms with Crippen molar-refractivity contribution in [2.45, 2.75) is 0 Å². The third-order valence-electron chi connectivity index (χ3n) is 2.73. The SMILES string of the molecule is Nc1noc(-c2ccc(Cl)o2)c1-c1c(Cl)cccc1Cl. The number of benzene rings is 1. The first kappa shape index (κ1) is 13.4. The molecule has 2 N–H and O–H groups in total. The van der Waals surface area contributed by atoms with Gasteiger partial charge in [-0.25, -0.2) is 0 Å². The first-order chi connectivity index (χ1) is 9.58. The Kier molecular flexibility index (Phi) is 3.38. The van der Waals surface area contributed by atoms with Crippen LogP contribution in [0.25, 0.3) is 22.6 Å². The Bertz CT molecular complexity index is 760. The maximum atomic E-state index is 6.19. The number of hydrogen-bond donors (Lipinski definition) is 1. The zero-order valence-electron chi connectivity index (χ0n) is 9.86. The molecule has 0 aliphatic heterocycles. The van der Waals surface area contributed by atoms with E-state index in [9.17, 15) is 0 Å². The van der Waals surface area contributed by atoms with E-state index in [0.717, 1.165) is 0 Å². The lowest BCUT2D eigenvalue weighted by Crippen LogP contribution is -1.90. The number of nitrogen functional groups attached to an aromatic ring is 1. The minimum Gasteiger partial charge on any atom is -0.441 e. The molecule has 1 aromatic carbocycles. The average Bonchev–Trinajstić information content (AvgIpc) is 2.97. The standard InChI is InChI=1S/C13H7Cl3N2O2/c14-6-2-1-3-7(15)10(6)11-12(20-18-13(11)17)8-4-5-9(16)19-8/h1-5H,(H2,17,18). The molecule has 0 aliphatic carbocycles. The zero-order chi connectivity index (χ0) is 14.3. The lowest BCUT2D eigenvalue weighted by atomic mass is 10.0. The van der Waals surface area contributed by atoms with Crippen LogP contribution in [0.5, 0.6) is 0 Å².